The molecule has 2 nitrogen and oxygen atoms in total. The van der Waals surface area contributed by atoms with Gasteiger partial charge in [-0.1, -0.05) is 19.8 Å². The predicted molar refractivity (Wildman–Crippen MR) is 64.8 cm³/mol. The maximum atomic E-state index is 5.86. The second-order valence-electron chi connectivity index (χ2n) is 5.19. The molecule has 0 spiro atoms. The van der Waals surface area contributed by atoms with Crippen LogP contribution in [-0.2, 0) is 4.74 Å². The van der Waals surface area contributed by atoms with Gasteiger partial charge in [-0.05, 0) is 44.9 Å². The summed E-state index contributed by atoms with van der Waals surface area (Å²) >= 11 is 0. The van der Waals surface area contributed by atoms with Crippen LogP contribution in [0.1, 0.15) is 52.9 Å². The van der Waals surface area contributed by atoms with E-state index in [1.807, 2.05) is 0 Å². The van der Waals surface area contributed by atoms with Gasteiger partial charge in [0.2, 0.25) is 0 Å². The fourth-order valence-electron chi connectivity index (χ4n) is 2.86. The summed E-state index contributed by atoms with van der Waals surface area (Å²) in [5.74, 6) is 1.59. The molecule has 2 N–H and O–H groups in total. The molecule has 1 rings (SSSR count). The van der Waals surface area contributed by atoms with Gasteiger partial charge in [0, 0.05) is 12.6 Å². The molecule has 4 atom stereocenters. The van der Waals surface area contributed by atoms with Gasteiger partial charge in [-0.25, -0.2) is 0 Å². The average molecular weight is 213 g/mol. The van der Waals surface area contributed by atoms with Crippen LogP contribution in [0.5, 0.6) is 0 Å². The van der Waals surface area contributed by atoms with Crippen LogP contribution < -0.4 is 5.73 Å². The zero-order valence-electron chi connectivity index (χ0n) is 10.5. The standard InChI is InChI=1S/C13H27NO/c1-4-15-13-7-5-6-12(9-13)10(2)8-11(3)14/h10-13H,4-9,14H2,1-3H3. The van der Waals surface area contributed by atoms with Crippen LogP contribution >= 0.6 is 0 Å². The van der Waals surface area contributed by atoms with E-state index < -0.39 is 0 Å². The highest BCUT2D eigenvalue weighted by Crippen LogP contribution is 2.33. The predicted octanol–water partition coefficient (Wildman–Crippen LogP) is 2.96. The molecule has 1 aliphatic carbocycles. The summed E-state index contributed by atoms with van der Waals surface area (Å²) in [7, 11) is 0. The molecule has 15 heavy (non-hydrogen) atoms. The van der Waals surface area contributed by atoms with Crippen LogP contribution in [0, 0.1) is 11.8 Å². The second-order valence-corrected chi connectivity index (χ2v) is 5.19. The summed E-state index contributed by atoms with van der Waals surface area (Å²) in [4.78, 5) is 0. The van der Waals surface area contributed by atoms with Gasteiger partial charge in [0.1, 0.15) is 0 Å². The van der Waals surface area contributed by atoms with Gasteiger partial charge in [-0.2, -0.15) is 0 Å². The lowest BCUT2D eigenvalue weighted by molar-refractivity contribution is 0.0102. The van der Waals surface area contributed by atoms with Gasteiger partial charge in [0.05, 0.1) is 6.10 Å². The van der Waals surface area contributed by atoms with Gasteiger partial charge >= 0.3 is 0 Å². The van der Waals surface area contributed by atoms with Crippen LogP contribution in [0.4, 0.5) is 0 Å². The number of nitrogens with two attached hydrogens (primary N) is 1. The van der Waals surface area contributed by atoms with Crippen LogP contribution in [0.3, 0.4) is 0 Å². The van der Waals surface area contributed by atoms with Crippen LogP contribution in [-0.4, -0.2) is 18.8 Å². The van der Waals surface area contributed by atoms with Crippen LogP contribution in [0.2, 0.25) is 0 Å². The van der Waals surface area contributed by atoms with E-state index in [0.717, 1.165) is 24.9 Å². The molecule has 0 radical (unpaired) electrons. The van der Waals surface area contributed by atoms with Crippen molar-refractivity contribution in [2.45, 2.75) is 65.0 Å². The fraction of sp³-hybridized carbons (Fsp3) is 1.00. The normalized spacial score (nSPS) is 31.2. The zero-order valence-corrected chi connectivity index (χ0v) is 10.5. The highest BCUT2D eigenvalue weighted by atomic mass is 16.5. The van der Waals surface area contributed by atoms with E-state index >= 15 is 0 Å². The quantitative estimate of drug-likeness (QED) is 0.762. The molecule has 0 heterocycles. The maximum Gasteiger partial charge on any atom is 0.0577 e. The van der Waals surface area contributed by atoms with Gasteiger partial charge in [-0.15, -0.1) is 0 Å². The molecule has 0 amide bonds. The molecule has 0 aromatic heterocycles. The van der Waals surface area contributed by atoms with Crippen molar-refractivity contribution < 1.29 is 4.74 Å². The van der Waals surface area contributed by atoms with Crippen molar-refractivity contribution in [2.24, 2.45) is 17.6 Å². The smallest absolute Gasteiger partial charge is 0.0577 e. The summed E-state index contributed by atoms with van der Waals surface area (Å²) in [5.41, 5.74) is 5.86. The van der Waals surface area contributed by atoms with Crippen molar-refractivity contribution >= 4 is 0 Å². The molecule has 2 heteroatoms. The Morgan fingerprint density at radius 3 is 2.67 bits per heavy atom. The summed E-state index contributed by atoms with van der Waals surface area (Å²) in [6.07, 6.45) is 6.89. The maximum absolute atomic E-state index is 5.86. The van der Waals surface area contributed by atoms with Gasteiger partial charge in [0.25, 0.3) is 0 Å². The van der Waals surface area contributed by atoms with E-state index in [4.69, 9.17) is 10.5 Å². The lowest BCUT2D eigenvalue weighted by Gasteiger charge is -2.33. The topological polar surface area (TPSA) is 35.2 Å². The number of rotatable bonds is 5. The van der Waals surface area contributed by atoms with Crippen molar-refractivity contribution in [3.63, 3.8) is 0 Å². The molecule has 0 bridgehead atoms. The monoisotopic (exact) mass is 213 g/mol. The first-order valence-electron chi connectivity index (χ1n) is 6.50. The highest BCUT2D eigenvalue weighted by molar-refractivity contribution is 4.78. The number of hydrogen-bond acceptors (Lipinski definition) is 2. The van der Waals surface area contributed by atoms with Crippen molar-refractivity contribution in [1.82, 2.24) is 0 Å². The van der Waals surface area contributed by atoms with E-state index in [1.165, 1.54) is 25.7 Å². The van der Waals surface area contributed by atoms with Crippen LogP contribution in [0.15, 0.2) is 0 Å². The Morgan fingerprint density at radius 1 is 1.33 bits per heavy atom. The molecule has 0 aliphatic heterocycles. The van der Waals surface area contributed by atoms with Crippen molar-refractivity contribution in [2.75, 3.05) is 6.61 Å². The average Bonchev–Trinajstić information content (AvgIpc) is 2.17. The molecule has 4 unspecified atom stereocenters. The third-order valence-electron chi connectivity index (χ3n) is 3.62. The Morgan fingerprint density at radius 2 is 2.07 bits per heavy atom. The highest BCUT2D eigenvalue weighted by Gasteiger charge is 2.26. The Kier molecular flexibility index (Phi) is 5.62. The molecular formula is C13H27NO. The first kappa shape index (κ1) is 13.0. The van der Waals surface area contributed by atoms with E-state index in [1.54, 1.807) is 0 Å². The third-order valence-corrected chi connectivity index (χ3v) is 3.62. The van der Waals surface area contributed by atoms with Gasteiger partial charge in [0.15, 0.2) is 0 Å². The molecule has 1 aliphatic rings. The minimum absolute atomic E-state index is 0.340. The Balaban J connectivity index is 2.34. The molecule has 90 valence electrons. The van der Waals surface area contributed by atoms with Gasteiger partial charge < -0.3 is 10.5 Å². The van der Waals surface area contributed by atoms with Gasteiger partial charge in [-0.3, -0.25) is 0 Å². The third kappa shape index (κ3) is 4.52. The van der Waals surface area contributed by atoms with Crippen molar-refractivity contribution in [1.29, 1.82) is 0 Å². The van der Waals surface area contributed by atoms with E-state index in [-0.39, 0.29) is 0 Å². The summed E-state index contributed by atoms with van der Waals surface area (Å²) in [5, 5.41) is 0. The Bertz CT molecular complexity index is 168. The van der Waals surface area contributed by atoms with Crippen molar-refractivity contribution in [3.05, 3.63) is 0 Å². The molecule has 0 aromatic carbocycles. The Hall–Kier alpha value is -0.0800. The van der Waals surface area contributed by atoms with E-state index in [9.17, 15) is 0 Å². The SMILES string of the molecule is CCOC1CCCC(C(C)CC(C)N)C1. The molecular weight excluding hydrogens is 186 g/mol. The molecule has 1 fully saturated rings. The van der Waals surface area contributed by atoms with E-state index in [0.29, 0.717) is 12.1 Å². The number of hydrogen-bond donors (Lipinski definition) is 1. The summed E-state index contributed by atoms with van der Waals surface area (Å²) in [6.45, 7) is 7.41. The molecule has 0 aromatic rings. The Labute approximate surface area is 94.6 Å². The zero-order chi connectivity index (χ0) is 11.3. The first-order chi connectivity index (χ1) is 7.13. The lowest BCUT2D eigenvalue weighted by Crippen LogP contribution is -2.29. The number of ether oxygens (including phenoxy) is 1. The van der Waals surface area contributed by atoms with E-state index in [2.05, 4.69) is 20.8 Å². The first-order valence-corrected chi connectivity index (χ1v) is 6.50. The lowest BCUT2D eigenvalue weighted by atomic mass is 9.77. The largest absolute Gasteiger partial charge is 0.378 e. The molecule has 1 saturated carbocycles. The minimum atomic E-state index is 0.340. The summed E-state index contributed by atoms with van der Waals surface area (Å²) in [6, 6.07) is 0.340. The second kappa shape index (κ2) is 6.49. The van der Waals surface area contributed by atoms with Crippen LogP contribution in [0.25, 0.3) is 0 Å². The summed E-state index contributed by atoms with van der Waals surface area (Å²) < 4.78 is 5.74. The fourth-order valence-corrected chi connectivity index (χ4v) is 2.86. The molecule has 0 saturated heterocycles. The van der Waals surface area contributed by atoms with Crippen molar-refractivity contribution in [3.8, 4) is 0 Å². The minimum Gasteiger partial charge on any atom is -0.378 e.